The number of para-hydroxylation sites is 10. The molecule has 0 aliphatic heterocycles. The Morgan fingerprint density at radius 3 is 1.02 bits per heavy atom. The highest BCUT2D eigenvalue weighted by Crippen LogP contribution is 2.48. The molecule has 8 heteroatoms. The molecular weight excluding hydrogens is 1240 g/mol. The average molecular weight is 1290 g/mol. The van der Waals surface area contributed by atoms with Crippen LogP contribution < -0.4 is 0 Å². The molecule has 0 aliphatic rings. The van der Waals surface area contributed by atoms with Gasteiger partial charge in [-0.05, 0) is 139 Å². The van der Waals surface area contributed by atoms with Crippen LogP contribution in [0, 0.1) is 13.1 Å². The molecule has 0 aliphatic carbocycles. The number of nitrogens with zero attached hydrogens (tertiary/aromatic N) is 7. The molecule has 0 atom stereocenters. The van der Waals surface area contributed by atoms with E-state index in [9.17, 15) is 0 Å². The van der Waals surface area contributed by atoms with E-state index >= 15 is 0 Å². The van der Waals surface area contributed by atoms with Crippen LogP contribution in [0.25, 0.3) is 190 Å². The Kier molecular flexibility index (Phi) is 12.8. The molecular formula is C92H55N7S. The maximum absolute atomic E-state index is 8.18. The smallest absolute Gasteiger partial charge is 0.189 e. The van der Waals surface area contributed by atoms with Crippen LogP contribution in [0.3, 0.4) is 0 Å². The summed E-state index contributed by atoms with van der Waals surface area (Å²) in [5.41, 5.74) is 22.1. The van der Waals surface area contributed by atoms with Crippen LogP contribution in [0.1, 0.15) is 0 Å². The number of thiophene rings is 1. The lowest BCUT2D eigenvalue weighted by atomic mass is 10.0. The maximum atomic E-state index is 8.18. The Bertz CT molecular complexity index is 6970. The highest BCUT2D eigenvalue weighted by Gasteiger charge is 2.25. The van der Waals surface area contributed by atoms with Gasteiger partial charge < -0.3 is 22.8 Å². The summed E-state index contributed by atoms with van der Waals surface area (Å²) in [6.07, 6.45) is 0. The zero-order valence-electron chi connectivity index (χ0n) is 53.8. The third kappa shape index (κ3) is 8.55. The minimum absolute atomic E-state index is 0.604. The minimum Gasteiger partial charge on any atom is -0.310 e. The topological polar surface area (TPSA) is 33.4 Å². The molecule has 6 aromatic heterocycles. The molecule has 0 unspecified atom stereocenters. The van der Waals surface area contributed by atoms with E-state index in [1.165, 1.54) is 96.1 Å². The fourth-order valence-corrected chi connectivity index (χ4v) is 17.5. The van der Waals surface area contributed by atoms with Gasteiger partial charge in [-0.2, -0.15) is 0 Å². The van der Waals surface area contributed by atoms with E-state index in [4.69, 9.17) is 13.1 Å². The van der Waals surface area contributed by atoms with E-state index in [0.29, 0.717) is 11.4 Å². The van der Waals surface area contributed by atoms with Crippen molar-refractivity contribution in [2.75, 3.05) is 0 Å². The Balaban J connectivity index is 0.000000136. The molecule has 6 heterocycles. The summed E-state index contributed by atoms with van der Waals surface area (Å²) in [6, 6.07) is 119. The summed E-state index contributed by atoms with van der Waals surface area (Å²) in [5, 5.41) is 14.9. The molecule has 0 saturated heterocycles. The maximum Gasteiger partial charge on any atom is 0.189 e. The quantitative estimate of drug-likeness (QED) is 0.143. The van der Waals surface area contributed by atoms with Crippen LogP contribution in [-0.2, 0) is 0 Å². The van der Waals surface area contributed by atoms with Gasteiger partial charge in [0.2, 0.25) is 0 Å². The van der Waals surface area contributed by atoms with Crippen LogP contribution in [0.2, 0.25) is 0 Å². The normalized spacial score (nSPS) is 11.8. The van der Waals surface area contributed by atoms with Gasteiger partial charge in [0, 0.05) is 102 Å². The molecule has 21 rings (SSSR count). The summed E-state index contributed by atoms with van der Waals surface area (Å²) in [4.78, 5) is 7.96. The molecule has 0 N–H and O–H groups in total. The minimum atomic E-state index is 0.604. The van der Waals surface area contributed by atoms with Gasteiger partial charge in [0.05, 0.1) is 79.7 Å². The molecule has 21 aromatic rings. The van der Waals surface area contributed by atoms with E-state index < -0.39 is 0 Å². The highest BCUT2D eigenvalue weighted by atomic mass is 32.1. The first-order chi connectivity index (χ1) is 49.6. The van der Waals surface area contributed by atoms with Crippen molar-refractivity contribution in [3.05, 3.63) is 356 Å². The third-order valence-corrected chi connectivity index (χ3v) is 21.5. The van der Waals surface area contributed by atoms with Crippen molar-refractivity contribution in [2.45, 2.75) is 0 Å². The van der Waals surface area contributed by atoms with Crippen LogP contribution in [0.5, 0.6) is 0 Å². The van der Waals surface area contributed by atoms with Crippen molar-refractivity contribution in [1.29, 1.82) is 0 Å². The first-order valence-electron chi connectivity index (χ1n) is 33.6. The van der Waals surface area contributed by atoms with E-state index in [2.05, 4.69) is 342 Å². The van der Waals surface area contributed by atoms with Gasteiger partial charge >= 0.3 is 0 Å². The molecule has 0 bridgehead atoms. The van der Waals surface area contributed by atoms with Crippen molar-refractivity contribution < 1.29 is 0 Å². The van der Waals surface area contributed by atoms with E-state index in [1.807, 2.05) is 35.6 Å². The molecule has 0 radical (unpaired) electrons. The van der Waals surface area contributed by atoms with Gasteiger partial charge in [-0.1, -0.05) is 206 Å². The largest absolute Gasteiger partial charge is 0.310 e. The number of hydrogen-bond acceptors (Lipinski definition) is 1. The van der Waals surface area contributed by atoms with Gasteiger partial charge in [-0.3, -0.25) is 0 Å². The number of fused-ring (bicyclic) bond motifs is 20. The van der Waals surface area contributed by atoms with E-state index in [0.717, 1.165) is 83.8 Å². The highest BCUT2D eigenvalue weighted by molar-refractivity contribution is 7.26. The third-order valence-electron chi connectivity index (χ3n) is 20.3. The molecule has 0 fully saturated rings. The summed E-state index contributed by atoms with van der Waals surface area (Å²) >= 11 is 1.87. The van der Waals surface area contributed by atoms with Gasteiger partial charge in [-0.15, -0.1) is 11.3 Å². The molecule has 464 valence electrons. The molecule has 0 spiro atoms. The van der Waals surface area contributed by atoms with Gasteiger partial charge in [0.1, 0.15) is 0 Å². The summed E-state index contributed by atoms with van der Waals surface area (Å²) in [7, 11) is 0. The summed E-state index contributed by atoms with van der Waals surface area (Å²) in [6.45, 7) is 16.3. The molecule has 7 nitrogen and oxygen atoms in total. The molecule has 15 aromatic carbocycles. The fraction of sp³-hybridized carbons (Fsp3) is 0. The van der Waals surface area contributed by atoms with Crippen molar-refractivity contribution in [3.63, 3.8) is 0 Å². The van der Waals surface area contributed by atoms with Gasteiger partial charge in [0.25, 0.3) is 0 Å². The van der Waals surface area contributed by atoms with Gasteiger partial charge in [0.15, 0.2) is 11.4 Å². The number of hydrogen-bond donors (Lipinski definition) is 0. The zero-order chi connectivity index (χ0) is 66.1. The van der Waals surface area contributed by atoms with E-state index in [1.54, 1.807) is 0 Å². The van der Waals surface area contributed by atoms with Crippen molar-refractivity contribution >= 4 is 152 Å². The fourth-order valence-electron chi connectivity index (χ4n) is 16.2. The number of aromatic nitrogens is 5. The Morgan fingerprint density at radius 1 is 0.230 bits per heavy atom. The molecule has 100 heavy (non-hydrogen) atoms. The van der Waals surface area contributed by atoms with Crippen LogP contribution >= 0.6 is 11.3 Å². The Labute approximate surface area is 578 Å². The number of rotatable bonds is 7. The van der Waals surface area contributed by atoms with Crippen molar-refractivity contribution in [2.24, 2.45) is 0 Å². The Morgan fingerprint density at radius 2 is 0.560 bits per heavy atom. The van der Waals surface area contributed by atoms with Crippen molar-refractivity contribution in [3.8, 4) is 50.7 Å². The monoisotopic (exact) mass is 1290 g/mol. The summed E-state index contributed by atoms with van der Waals surface area (Å²) < 4.78 is 14.4. The Hall–Kier alpha value is -13.5. The molecule has 0 saturated carbocycles. The first kappa shape index (κ1) is 56.8. The molecule has 0 amide bonds. The number of benzene rings is 15. The standard InChI is InChI=1S/C49H30N4.C43H25N3S/c1-50-33-29-32(30-35(31-33)52-42-23-11-6-18-37(42)38-19-7-12-24-43(38)52)36-17-5-10-22-41(36)53-45-26-14-9-21-40(45)49-47(53)28-27-46-48(49)39-20-8-13-25-44(39)51(46)34-15-3-2-4-16-34;1-44-28-24-27(25-29(26-28)45-37-18-8-3-13-31(37)32-14-4-9-19-38(32)45)30-12-2-7-17-36(30)46-39-20-10-5-16-35(39)42-40(46)23-22-34-33-15-6-11-21-41(33)47-43(34)42/h2-31H;2-26H. The average Bonchev–Trinajstić information content (AvgIpc) is 1.54. The lowest BCUT2D eigenvalue weighted by molar-refractivity contribution is 1.17. The predicted octanol–water partition coefficient (Wildman–Crippen LogP) is 25.7. The zero-order valence-corrected chi connectivity index (χ0v) is 54.6. The van der Waals surface area contributed by atoms with E-state index in [-0.39, 0.29) is 0 Å². The second-order valence-electron chi connectivity index (χ2n) is 25.7. The SMILES string of the molecule is [C-]#[N+]c1cc(-c2ccccc2-n2c3ccccc3c3c4c5ccccc5n(-c5ccccc5)c4ccc32)cc(-n2c3ccccc3c3ccccc32)c1.[C-]#[N+]c1cc(-c2ccccc2-n2c3ccccc3c3c4sc5ccccc5c4ccc32)cc(-n2c3ccccc3c3ccccc32)c1. The van der Waals surface area contributed by atoms with Gasteiger partial charge in [-0.25, -0.2) is 9.69 Å². The second-order valence-corrected chi connectivity index (χ2v) is 26.7. The van der Waals surface area contributed by atoms with Crippen LogP contribution in [0.15, 0.2) is 334 Å². The van der Waals surface area contributed by atoms with Crippen LogP contribution in [0.4, 0.5) is 11.4 Å². The first-order valence-corrected chi connectivity index (χ1v) is 34.4. The van der Waals surface area contributed by atoms with Crippen LogP contribution in [-0.4, -0.2) is 22.8 Å². The lowest BCUT2D eigenvalue weighted by Gasteiger charge is -2.16. The lowest BCUT2D eigenvalue weighted by Crippen LogP contribution is -1.99. The summed E-state index contributed by atoms with van der Waals surface area (Å²) in [5.74, 6) is 0. The second kappa shape index (κ2) is 22.6. The predicted molar refractivity (Wildman–Crippen MR) is 421 cm³/mol. The van der Waals surface area contributed by atoms with Crippen molar-refractivity contribution in [1.82, 2.24) is 22.8 Å².